The molecule has 2 heteroatoms. The summed E-state index contributed by atoms with van der Waals surface area (Å²) < 4.78 is 10.6. The van der Waals surface area contributed by atoms with E-state index in [1.165, 1.54) is 16.3 Å². The molecule has 0 N–H and O–H groups in total. The van der Waals surface area contributed by atoms with E-state index >= 15 is 0 Å². The number of hydrogen-bond donors (Lipinski definition) is 0. The van der Waals surface area contributed by atoms with Crippen molar-refractivity contribution in [3.8, 4) is 11.5 Å². The van der Waals surface area contributed by atoms with Crippen LogP contribution in [0.2, 0.25) is 0 Å². The van der Waals surface area contributed by atoms with E-state index in [1.807, 2.05) is 18.2 Å². The topological polar surface area (TPSA) is 18.5 Å². The van der Waals surface area contributed by atoms with E-state index in [2.05, 4.69) is 54.6 Å². The minimum absolute atomic E-state index is 0.789. The van der Waals surface area contributed by atoms with Crippen LogP contribution in [0.25, 0.3) is 22.9 Å². The molecule has 0 unspecified atom stereocenters. The van der Waals surface area contributed by atoms with Gasteiger partial charge >= 0.3 is 0 Å². The maximum Gasteiger partial charge on any atom is 0.123 e. The highest BCUT2D eigenvalue weighted by Crippen LogP contribution is 2.25. The molecule has 0 saturated heterocycles. The van der Waals surface area contributed by atoms with Gasteiger partial charge in [-0.05, 0) is 34.0 Å². The van der Waals surface area contributed by atoms with E-state index in [-0.39, 0.29) is 0 Å². The fourth-order valence-corrected chi connectivity index (χ4v) is 2.51. The van der Waals surface area contributed by atoms with Crippen molar-refractivity contribution in [3.05, 3.63) is 71.8 Å². The van der Waals surface area contributed by atoms with Gasteiger partial charge in [-0.25, -0.2) is 0 Å². The van der Waals surface area contributed by atoms with Crippen molar-refractivity contribution >= 4 is 22.9 Å². The van der Waals surface area contributed by atoms with Gasteiger partial charge in [0, 0.05) is 6.07 Å². The third-order valence-electron chi connectivity index (χ3n) is 3.65. The predicted octanol–water partition coefficient (Wildman–Crippen LogP) is 5.03. The Kier molecular flexibility index (Phi) is 4.10. The third kappa shape index (κ3) is 2.96. The first-order valence-electron chi connectivity index (χ1n) is 7.19. The van der Waals surface area contributed by atoms with E-state index < -0.39 is 0 Å². The molecule has 0 atom stereocenters. The summed E-state index contributed by atoms with van der Waals surface area (Å²) in [7, 11) is 3.32. The summed E-state index contributed by atoms with van der Waals surface area (Å²) in [6.07, 6.45) is 4.20. The van der Waals surface area contributed by atoms with Crippen molar-refractivity contribution in [1.29, 1.82) is 0 Å². The molecule has 2 nitrogen and oxygen atoms in total. The summed E-state index contributed by atoms with van der Waals surface area (Å²) in [5.41, 5.74) is 2.24. The number of fused-ring (bicyclic) bond motifs is 1. The van der Waals surface area contributed by atoms with Crippen molar-refractivity contribution in [2.45, 2.75) is 0 Å². The van der Waals surface area contributed by atoms with Crippen LogP contribution in [0.4, 0.5) is 0 Å². The first-order chi connectivity index (χ1) is 10.8. The first kappa shape index (κ1) is 14.2. The van der Waals surface area contributed by atoms with Crippen molar-refractivity contribution in [2.75, 3.05) is 14.2 Å². The minimum atomic E-state index is 0.789. The fraction of sp³-hybridized carbons (Fsp3) is 0.100. The number of hydrogen-bond acceptors (Lipinski definition) is 2. The summed E-state index contributed by atoms with van der Waals surface area (Å²) in [6, 6.07) is 20.6. The van der Waals surface area contributed by atoms with E-state index in [0.29, 0.717) is 0 Å². The van der Waals surface area contributed by atoms with Crippen LogP contribution in [0.1, 0.15) is 11.1 Å². The SMILES string of the molecule is COc1cc(/C=C/c2cccc3ccccc23)cc(OC)c1. The van der Waals surface area contributed by atoms with E-state index in [0.717, 1.165) is 17.1 Å². The molecule has 0 spiro atoms. The van der Waals surface area contributed by atoms with Crippen LogP contribution in [0.15, 0.2) is 60.7 Å². The zero-order valence-electron chi connectivity index (χ0n) is 12.7. The number of rotatable bonds is 4. The van der Waals surface area contributed by atoms with Gasteiger partial charge < -0.3 is 9.47 Å². The Morgan fingerprint density at radius 3 is 2.14 bits per heavy atom. The molecule has 0 radical (unpaired) electrons. The zero-order valence-corrected chi connectivity index (χ0v) is 12.7. The smallest absolute Gasteiger partial charge is 0.123 e. The van der Waals surface area contributed by atoms with Gasteiger partial charge in [-0.3, -0.25) is 0 Å². The van der Waals surface area contributed by atoms with Gasteiger partial charge in [-0.1, -0.05) is 54.6 Å². The maximum atomic E-state index is 5.31. The Labute approximate surface area is 130 Å². The Balaban J connectivity index is 1.99. The molecule has 0 heterocycles. The molecule has 110 valence electrons. The van der Waals surface area contributed by atoms with Crippen LogP contribution >= 0.6 is 0 Å². The van der Waals surface area contributed by atoms with Gasteiger partial charge in [0.05, 0.1) is 14.2 Å². The number of methoxy groups -OCH3 is 2. The van der Waals surface area contributed by atoms with Gasteiger partial charge in [0.1, 0.15) is 11.5 Å². The van der Waals surface area contributed by atoms with Gasteiger partial charge in [-0.15, -0.1) is 0 Å². The number of ether oxygens (including phenoxy) is 2. The molecule has 3 aromatic carbocycles. The molecule has 22 heavy (non-hydrogen) atoms. The van der Waals surface area contributed by atoms with Gasteiger partial charge in [0.2, 0.25) is 0 Å². The lowest BCUT2D eigenvalue weighted by molar-refractivity contribution is 0.394. The van der Waals surface area contributed by atoms with Crippen LogP contribution in [-0.4, -0.2) is 14.2 Å². The second kappa shape index (κ2) is 6.35. The van der Waals surface area contributed by atoms with E-state index in [4.69, 9.17) is 9.47 Å². The molecular formula is C20H18O2. The molecule has 0 aromatic heterocycles. The highest BCUT2D eigenvalue weighted by molar-refractivity contribution is 5.92. The standard InChI is InChI=1S/C20H18O2/c1-21-18-12-15(13-19(14-18)22-2)10-11-17-8-5-7-16-6-3-4-9-20(16)17/h3-14H,1-2H3/b11-10+. The van der Waals surface area contributed by atoms with Crippen molar-refractivity contribution in [2.24, 2.45) is 0 Å². The molecule has 0 aliphatic carbocycles. The number of benzene rings is 3. The van der Waals surface area contributed by atoms with E-state index in [9.17, 15) is 0 Å². The normalized spacial score (nSPS) is 11.0. The lowest BCUT2D eigenvalue weighted by Crippen LogP contribution is -1.88. The van der Waals surface area contributed by atoms with Crippen LogP contribution < -0.4 is 9.47 Å². The van der Waals surface area contributed by atoms with Gasteiger partial charge in [0.15, 0.2) is 0 Å². The molecule has 0 fully saturated rings. The summed E-state index contributed by atoms with van der Waals surface area (Å²) in [6.45, 7) is 0. The molecule has 0 aliphatic rings. The Morgan fingerprint density at radius 1 is 0.727 bits per heavy atom. The van der Waals surface area contributed by atoms with Crippen LogP contribution in [0.5, 0.6) is 11.5 Å². The summed E-state index contributed by atoms with van der Waals surface area (Å²) in [5.74, 6) is 1.58. The van der Waals surface area contributed by atoms with Crippen molar-refractivity contribution in [1.82, 2.24) is 0 Å². The zero-order chi connectivity index (χ0) is 15.4. The van der Waals surface area contributed by atoms with Crippen molar-refractivity contribution < 1.29 is 9.47 Å². The van der Waals surface area contributed by atoms with Crippen LogP contribution in [-0.2, 0) is 0 Å². The average Bonchev–Trinajstić information content (AvgIpc) is 2.59. The lowest BCUT2D eigenvalue weighted by atomic mass is 10.0. The summed E-state index contributed by atoms with van der Waals surface area (Å²) >= 11 is 0. The monoisotopic (exact) mass is 290 g/mol. The highest BCUT2D eigenvalue weighted by atomic mass is 16.5. The van der Waals surface area contributed by atoms with E-state index in [1.54, 1.807) is 14.2 Å². The predicted molar refractivity (Wildman–Crippen MR) is 92.4 cm³/mol. The molecular weight excluding hydrogens is 272 g/mol. The molecule has 0 amide bonds. The van der Waals surface area contributed by atoms with Crippen LogP contribution in [0, 0.1) is 0 Å². The minimum Gasteiger partial charge on any atom is -0.497 e. The Bertz CT molecular complexity index is 791. The fourth-order valence-electron chi connectivity index (χ4n) is 2.51. The van der Waals surface area contributed by atoms with Gasteiger partial charge in [-0.2, -0.15) is 0 Å². The quantitative estimate of drug-likeness (QED) is 0.628. The largest absolute Gasteiger partial charge is 0.497 e. The molecule has 0 aliphatic heterocycles. The first-order valence-corrected chi connectivity index (χ1v) is 7.19. The Morgan fingerprint density at radius 2 is 1.41 bits per heavy atom. The van der Waals surface area contributed by atoms with Crippen LogP contribution in [0.3, 0.4) is 0 Å². The van der Waals surface area contributed by atoms with Gasteiger partial charge in [0.25, 0.3) is 0 Å². The average molecular weight is 290 g/mol. The Hall–Kier alpha value is -2.74. The lowest BCUT2D eigenvalue weighted by Gasteiger charge is -2.06. The molecule has 3 aromatic rings. The molecule has 3 rings (SSSR count). The molecule has 0 saturated carbocycles. The summed E-state index contributed by atoms with van der Waals surface area (Å²) in [5, 5.41) is 2.49. The highest BCUT2D eigenvalue weighted by Gasteiger charge is 2.00. The second-order valence-corrected chi connectivity index (χ2v) is 5.05. The third-order valence-corrected chi connectivity index (χ3v) is 3.65. The maximum absolute atomic E-state index is 5.31. The molecule has 0 bridgehead atoms. The second-order valence-electron chi connectivity index (χ2n) is 5.05. The summed E-state index contributed by atoms with van der Waals surface area (Å²) in [4.78, 5) is 0. The van der Waals surface area contributed by atoms with Crippen molar-refractivity contribution in [3.63, 3.8) is 0 Å².